The SMILES string of the molecule is CCC(=O)N1CCc2cc(Br)cc(S(=O)(=O)CCC(=O)Nc3ccc(F)c(F)c3)c21. The molecule has 30 heavy (non-hydrogen) atoms. The molecule has 0 saturated heterocycles. The lowest BCUT2D eigenvalue weighted by Crippen LogP contribution is -2.29. The fraction of sp³-hybridized carbons (Fsp3) is 0.300. The molecule has 0 aromatic heterocycles. The summed E-state index contributed by atoms with van der Waals surface area (Å²) in [6, 6.07) is 6.08. The fourth-order valence-corrected chi connectivity index (χ4v) is 5.45. The molecule has 0 bridgehead atoms. The number of nitrogens with zero attached hydrogens (tertiary/aromatic N) is 1. The number of carbonyl (C=O) groups is 2. The first kappa shape index (κ1) is 22.4. The molecular formula is C20H19BrF2N2O4S. The molecule has 1 aliphatic rings. The van der Waals surface area contributed by atoms with Crippen LogP contribution >= 0.6 is 15.9 Å². The zero-order valence-corrected chi connectivity index (χ0v) is 18.4. The highest BCUT2D eigenvalue weighted by Crippen LogP contribution is 2.38. The average Bonchev–Trinajstić information content (AvgIpc) is 3.11. The number of benzene rings is 2. The van der Waals surface area contributed by atoms with Gasteiger partial charge in [-0.05, 0) is 36.2 Å². The van der Waals surface area contributed by atoms with Crippen molar-refractivity contribution in [3.8, 4) is 0 Å². The van der Waals surface area contributed by atoms with Crippen molar-refractivity contribution in [1.29, 1.82) is 0 Å². The zero-order valence-electron chi connectivity index (χ0n) is 16.0. The molecule has 0 atom stereocenters. The largest absolute Gasteiger partial charge is 0.326 e. The maximum atomic E-state index is 13.3. The minimum Gasteiger partial charge on any atom is -0.326 e. The number of anilines is 2. The second-order valence-corrected chi connectivity index (χ2v) is 9.80. The van der Waals surface area contributed by atoms with Crippen molar-refractivity contribution in [2.24, 2.45) is 0 Å². The van der Waals surface area contributed by atoms with Crippen molar-refractivity contribution >= 4 is 49.0 Å². The summed E-state index contributed by atoms with van der Waals surface area (Å²) in [5.74, 6) is -3.50. The normalized spacial score (nSPS) is 13.3. The molecule has 1 N–H and O–H groups in total. The van der Waals surface area contributed by atoms with Gasteiger partial charge in [0.25, 0.3) is 0 Å². The van der Waals surface area contributed by atoms with Gasteiger partial charge in [0.2, 0.25) is 11.8 Å². The standard InChI is InChI=1S/C20H19BrF2N2O4S/c1-2-19(27)25-7-5-12-9-13(21)10-17(20(12)25)30(28,29)8-6-18(26)24-14-3-4-15(22)16(23)11-14/h3-4,9-11H,2,5-8H2,1H3,(H,24,26). The molecule has 1 heterocycles. The summed E-state index contributed by atoms with van der Waals surface area (Å²) in [4.78, 5) is 25.9. The summed E-state index contributed by atoms with van der Waals surface area (Å²) in [6.07, 6.45) is 0.398. The Bertz CT molecular complexity index is 1120. The molecule has 1 aliphatic heterocycles. The highest BCUT2D eigenvalue weighted by atomic mass is 79.9. The van der Waals surface area contributed by atoms with Gasteiger partial charge in [0, 0.05) is 35.6 Å². The van der Waals surface area contributed by atoms with Gasteiger partial charge < -0.3 is 10.2 Å². The van der Waals surface area contributed by atoms with Crippen LogP contribution in [0.3, 0.4) is 0 Å². The van der Waals surface area contributed by atoms with Crippen molar-refractivity contribution in [2.45, 2.75) is 31.1 Å². The molecule has 10 heteroatoms. The molecule has 160 valence electrons. The Morgan fingerprint density at radius 2 is 1.90 bits per heavy atom. The number of sulfone groups is 1. The Kier molecular flexibility index (Phi) is 6.56. The third-order valence-corrected chi connectivity index (χ3v) is 6.91. The molecule has 0 fully saturated rings. The average molecular weight is 501 g/mol. The molecule has 2 aromatic carbocycles. The summed E-state index contributed by atoms with van der Waals surface area (Å²) in [5.41, 5.74) is 1.14. The molecule has 0 radical (unpaired) electrons. The molecule has 0 spiro atoms. The van der Waals surface area contributed by atoms with Gasteiger partial charge in [0.05, 0.1) is 16.3 Å². The molecule has 0 saturated carbocycles. The van der Waals surface area contributed by atoms with Gasteiger partial charge in [-0.1, -0.05) is 22.9 Å². The van der Waals surface area contributed by atoms with E-state index in [2.05, 4.69) is 21.2 Å². The van der Waals surface area contributed by atoms with Crippen molar-refractivity contribution in [2.75, 3.05) is 22.5 Å². The van der Waals surface area contributed by atoms with Gasteiger partial charge >= 0.3 is 0 Å². The summed E-state index contributed by atoms with van der Waals surface area (Å²) >= 11 is 3.31. The van der Waals surface area contributed by atoms with E-state index in [1.807, 2.05) is 0 Å². The third kappa shape index (κ3) is 4.70. The highest BCUT2D eigenvalue weighted by molar-refractivity contribution is 9.10. The van der Waals surface area contributed by atoms with Crippen LogP contribution in [0.2, 0.25) is 0 Å². The van der Waals surface area contributed by atoms with Crippen molar-refractivity contribution in [3.05, 3.63) is 52.0 Å². The van der Waals surface area contributed by atoms with E-state index in [-0.39, 0.29) is 29.3 Å². The predicted octanol–water partition coefficient (Wildman–Crippen LogP) is 3.83. The fourth-order valence-electron chi connectivity index (χ4n) is 3.28. The smallest absolute Gasteiger partial charge is 0.226 e. The Hall–Kier alpha value is -2.33. The van der Waals surface area contributed by atoms with E-state index in [0.717, 1.165) is 17.7 Å². The maximum Gasteiger partial charge on any atom is 0.226 e. The summed E-state index contributed by atoms with van der Waals surface area (Å²) in [7, 11) is -3.90. The van der Waals surface area contributed by atoms with Crippen molar-refractivity contribution < 1.29 is 26.8 Å². The first-order chi connectivity index (χ1) is 14.1. The summed E-state index contributed by atoms with van der Waals surface area (Å²) in [5, 5.41) is 2.35. The van der Waals surface area contributed by atoms with Gasteiger partial charge in [-0.2, -0.15) is 0 Å². The quantitative estimate of drug-likeness (QED) is 0.653. The minimum absolute atomic E-state index is 0.00759. The zero-order chi connectivity index (χ0) is 22.1. The second kappa shape index (κ2) is 8.81. The van der Waals surface area contributed by atoms with Crippen LogP contribution in [-0.4, -0.2) is 32.5 Å². The number of fused-ring (bicyclic) bond motifs is 1. The second-order valence-electron chi connectivity index (χ2n) is 6.81. The van der Waals surface area contributed by atoms with Crippen LogP contribution in [0.1, 0.15) is 25.3 Å². The monoisotopic (exact) mass is 500 g/mol. The van der Waals surface area contributed by atoms with Gasteiger partial charge in [-0.15, -0.1) is 0 Å². The van der Waals surface area contributed by atoms with E-state index in [9.17, 15) is 26.8 Å². The van der Waals surface area contributed by atoms with E-state index in [1.54, 1.807) is 13.0 Å². The number of carbonyl (C=O) groups excluding carboxylic acids is 2. The number of rotatable bonds is 6. The molecular weight excluding hydrogens is 482 g/mol. The first-order valence-corrected chi connectivity index (χ1v) is 11.7. The summed E-state index contributed by atoms with van der Waals surface area (Å²) < 4.78 is 52.8. The van der Waals surface area contributed by atoms with Crippen LogP contribution in [-0.2, 0) is 25.8 Å². The summed E-state index contributed by atoms with van der Waals surface area (Å²) in [6.45, 7) is 2.10. The topological polar surface area (TPSA) is 83.6 Å². The van der Waals surface area contributed by atoms with Crippen LogP contribution in [0, 0.1) is 11.6 Å². The van der Waals surface area contributed by atoms with Crippen molar-refractivity contribution in [3.63, 3.8) is 0 Å². The minimum atomic E-state index is -3.90. The lowest BCUT2D eigenvalue weighted by atomic mass is 10.2. The molecule has 3 rings (SSSR count). The number of amides is 2. The Morgan fingerprint density at radius 3 is 2.57 bits per heavy atom. The van der Waals surface area contributed by atoms with E-state index in [4.69, 9.17) is 0 Å². The van der Waals surface area contributed by atoms with Crippen molar-refractivity contribution in [1.82, 2.24) is 0 Å². The maximum absolute atomic E-state index is 13.3. The Labute approximate surface area is 181 Å². The number of hydrogen-bond acceptors (Lipinski definition) is 4. The van der Waals surface area contributed by atoms with Crippen LogP contribution in [0.5, 0.6) is 0 Å². The van der Waals surface area contributed by atoms with Gasteiger partial charge in [-0.3, -0.25) is 9.59 Å². The van der Waals surface area contributed by atoms with Crippen LogP contribution in [0.4, 0.5) is 20.2 Å². The predicted molar refractivity (Wildman–Crippen MR) is 112 cm³/mol. The molecule has 6 nitrogen and oxygen atoms in total. The highest BCUT2D eigenvalue weighted by Gasteiger charge is 2.32. The molecule has 2 amide bonds. The number of nitrogens with one attached hydrogen (secondary N) is 1. The van der Waals surface area contributed by atoms with E-state index in [1.165, 1.54) is 17.0 Å². The van der Waals surface area contributed by atoms with Crippen LogP contribution in [0.15, 0.2) is 39.7 Å². The van der Waals surface area contributed by atoms with Gasteiger partial charge in [0.1, 0.15) is 0 Å². The molecule has 2 aromatic rings. The van der Waals surface area contributed by atoms with Gasteiger partial charge in [0.15, 0.2) is 21.5 Å². The first-order valence-electron chi connectivity index (χ1n) is 9.23. The van der Waals surface area contributed by atoms with Crippen LogP contribution < -0.4 is 10.2 Å². The third-order valence-electron chi connectivity index (χ3n) is 4.73. The lowest BCUT2D eigenvalue weighted by Gasteiger charge is -2.20. The van der Waals surface area contributed by atoms with E-state index in [0.29, 0.717) is 23.1 Å². The van der Waals surface area contributed by atoms with E-state index < -0.39 is 33.1 Å². The Morgan fingerprint density at radius 1 is 1.17 bits per heavy atom. The Balaban J connectivity index is 1.80. The lowest BCUT2D eigenvalue weighted by molar-refractivity contribution is -0.118. The van der Waals surface area contributed by atoms with Gasteiger partial charge in [-0.25, -0.2) is 17.2 Å². The molecule has 0 unspecified atom stereocenters. The van der Waals surface area contributed by atoms with Crippen LogP contribution in [0.25, 0.3) is 0 Å². The van der Waals surface area contributed by atoms with E-state index >= 15 is 0 Å². The molecule has 0 aliphatic carbocycles. The number of halogens is 3. The number of hydrogen-bond donors (Lipinski definition) is 1.